The topological polar surface area (TPSA) is 101 Å². The van der Waals surface area contributed by atoms with Crippen LogP contribution in [0.4, 0.5) is 0 Å². The Kier molecular flexibility index (Phi) is 5.01. The normalized spacial score (nSPS) is 17.5. The molecule has 3 rings (SSSR count). The highest BCUT2D eigenvalue weighted by Crippen LogP contribution is 2.34. The summed E-state index contributed by atoms with van der Waals surface area (Å²) in [5.41, 5.74) is -0.340. The molecule has 0 saturated heterocycles. The Hall–Kier alpha value is -2.77. The van der Waals surface area contributed by atoms with E-state index < -0.39 is 17.6 Å². The molecule has 1 aliphatic carbocycles. The molecule has 0 aliphatic heterocycles. The van der Waals surface area contributed by atoms with Crippen molar-refractivity contribution < 1.29 is 14.7 Å². The van der Waals surface area contributed by atoms with Crippen molar-refractivity contribution in [2.75, 3.05) is 7.05 Å². The minimum Gasteiger partial charge on any atom is -0.479 e. The number of carbonyl (C=O) groups is 2. The van der Waals surface area contributed by atoms with Crippen LogP contribution >= 0.6 is 0 Å². The van der Waals surface area contributed by atoms with E-state index in [1.165, 1.54) is 9.70 Å². The maximum absolute atomic E-state index is 12.9. The van der Waals surface area contributed by atoms with E-state index in [4.69, 9.17) is 0 Å². The molecule has 138 valence electrons. The second kappa shape index (κ2) is 7.23. The fourth-order valence-corrected chi connectivity index (χ4v) is 3.51. The third kappa shape index (κ3) is 3.18. The first-order valence-electron chi connectivity index (χ1n) is 8.82. The Morgan fingerprint density at radius 1 is 1.19 bits per heavy atom. The fourth-order valence-electron chi connectivity index (χ4n) is 3.51. The first kappa shape index (κ1) is 18.0. The molecule has 1 aromatic heterocycles. The molecule has 1 atom stereocenters. The molecule has 1 saturated carbocycles. The van der Waals surface area contributed by atoms with Gasteiger partial charge in [0.05, 0.1) is 0 Å². The molecule has 8 nitrogen and oxygen atoms in total. The van der Waals surface area contributed by atoms with Crippen LogP contribution in [0.25, 0.3) is 11.4 Å². The van der Waals surface area contributed by atoms with Gasteiger partial charge in [0.2, 0.25) is 11.7 Å². The van der Waals surface area contributed by atoms with Crippen molar-refractivity contribution in [2.45, 2.75) is 50.6 Å². The quantitative estimate of drug-likeness (QED) is 0.880. The van der Waals surface area contributed by atoms with Crippen LogP contribution in [0.1, 0.15) is 45.1 Å². The molecule has 2 aromatic rings. The predicted octanol–water partition coefficient (Wildman–Crippen LogP) is 2.15. The van der Waals surface area contributed by atoms with E-state index in [-0.39, 0.29) is 5.91 Å². The van der Waals surface area contributed by atoms with Crippen LogP contribution in [0.3, 0.4) is 0 Å². The Bertz CT molecular complexity index is 783. The Morgan fingerprint density at radius 2 is 1.85 bits per heavy atom. The van der Waals surface area contributed by atoms with Gasteiger partial charge in [-0.25, -0.2) is 4.79 Å². The van der Waals surface area contributed by atoms with Crippen LogP contribution in [-0.4, -0.2) is 54.7 Å². The summed E-state index contributed by atoms with van der Waals surface area (Å²) in [4.78, 5) is 27.5. The third-order valence-electron chi connectivity index (χ3n) is 5.22. The maximum Gasteiger partial charge on any atom is 0.329 e. The highest BCUT2D eigenvalue weighted by Gasteiger charge is 2.46. The van der Waals surface area contributed by atoms with Gasteiger partial charge in [-0.05, 0) is 25.0 Å². The SMILES string of the molecule is CC(C(=O)N(C)C1(C(=O)O)CCCCC1)n1nnc(-c2ccccc2)n1. The largest absolute Gasteiger partial charge is 0.479 e. The number of hydrogen-bond donors (Lipinski definition) is 1. The number of carbonyl (C=O) groups excluding carboxylic acids is 1. The number of carboxylic acid groups (broad SMARTS) is 1. The van der Waals surface area contributed by atoms with Gasteiger partial charge in [0.25, 0.3) is 0 Å². The average molecular weight is 357 g/mol. The van der Waals surface area contributed by atoms with E-state index in [1.807, 2.05) is 30.3 Å². The lowest BCUT2D eigenvalue weighted by molar-refractivity contribution is -0.161. The molecule has 8 heteroatoms. The number of aliphatic carboxylic acids is 1. The summed E-state index contributed by atoms with van der Waals surface area (Å²) in [6.45, 7) is 1.66. The number of nitrogens with zero attached hydrogens (tertiary/aromatic N) is 5. The van der Waals surface area contributed by atoms with Gasteiger partial charge in [-0.1, -0.05) is 49.6 Å². The van der Waals surface area contributed by atoms with Gasteiger partial charge >= 0.3 is 5.97 Å². The lowest BCUT2D eigenvalue weighted by atomic mass is 9.80. The molecule has 26 heavy (non-hydrogen) atoms. The summed E-state index contributed by atoms with van der Waals surface area (Å²) >= 11 is 0. The van der Waals surface area contributed by atoms with Crippen LogP contribution in [0.5, 0.6) is 0 Å². The van der Waals surface area contributed by atoms with Gasteiger partial charge < -0.3 is 10.0 Å². The molecule has 1 amide bonds. The number of aromatic nitrogens is 4. The summed E-state index contributed by atoms with van der Waals surface area (Å²) in [7, 11) is 1.56. The molecule has 0 bridgehead atoms. The standard InChI is InChI=1S/C18H23N5O3/c1-13(23-20-15(19-21-23)14-9-5-3-6-10-14)16(24)22(2)18(17(25)26)11-7-4-8-12-18/h3,5-6,9-10,13H,4,7-8,11-12H2,1-2H3,(H,25,26). The molecule has 1 unspecified atom stereocenters. The predicted molar refractivity (Wildman–Crippen MR) is 94.2 cm³/mol. The molecule has 1 fully saturated rings. The van der Waals surface area contributed by atoms with Gasteiger partial charge in [0, 0.05) is 12.6 Å². The molecule has 1 N–H and O–H groups in total. The smallest absolute Gasteiger partial charge is 0.329 e. The minimum atomic E-state index is -1.15. The zero-order valence-electron chi connectivity index (χ0n) is 15.0. The van der Waals surface area contributed by atoms with Crippen LogP contribution in [0, 0.1) is 0 Å². The number of rotatable bonds is 5. The van der Waals surface area contributed by atoms with Crippen molar-refractivity contribution in [3.05, 3.63) is 30.3 Å². The Labute approximate surface area is 151 Å². The summed E-state index contributed by atoms with van der Waals surface area (Å²) in [5.74, 6) is -0.846. The number of hydrogen-bond acceptors (Lipinski definition) is 5. The first-order valence-corrected chi connectivity index (χ1v) is 8.82. The molecule has 1 aromatic carbocycles. The van der Waals surface area contributed by atoms with Gasteiger partial charge in [-0.3, -0.25) is 4.79 Å². The number of likely N-dealkylation sites (N-methyl/N-ethyl adjacent to an activating group) is 1. The van der Waals surface area contributed by atoms with Gasteiger partial charge in [0.1, 0.15) is 11.6 Å². The summed E-state index contributed by atoms with van der Waals surface area (Å²) < 4.78 is 0. The van der Waals surface area contributed by atoms with Crippen LogP contribution in [0.2, 0.25) is 0 Å². The molecular formula is C18H23N5O3. The van der Waals surface area contributed by atoms with Crippen molar-refractivity contribution in [1.82, 2.24) is 25.1 Å². The second-order valence-corrected chi connectivity index (χ2v) is 6.77. The first-order chi connectivity index (χ1) is 12.5. The highest BCUT2D eigenvalue weighted by atomic mass is 16.4. The number of benzene rings is 1. The fraction of sp³-hybridized carbons (Fsp3) is 0.500. The van der Waals surface area contributed by atoms with Crippen LogP contribution < -0.4 is 0 Å². The van der Waals surface area contributed by atoms with Crippen molar-refractivity contribution >= 4 is 11.9 Å². The van der Waals surface area contributed by atoms with Crippen molar-refractivity contribution in [2.24, 2.45) is 0 Å². The summed E-state index contributed by atoms with van der Waals surface area (Å²) in [5, 5.41) is 22.1. The van der Waals surface area contributed by atoms with Crippen molar-refractivity contribution in [3.63, 3.8) is 0 Å². The van der Waals surface area contributed by atoms with E-state index in [0.29, 0.717) is 18.7 Å². The van der Waals surface area contributed by atoms with Crippen LogP contribution in [-0.2, 0) is 9.59 Å². The molecule has 1 heterocycles. The minimum absolute atomic E-state index is 0.327. The van der Waals surface area contributed by atoms with Gasteiger partial charge in [-0.2, -0.15) is 4.80 Å². The lowest BCUT2D eigenvalue weighted by Gasteiger charge is -2.41. The van der Waals surface area contributed by atoms with E-state index in [2.05, 4.69) is 15.4 Å². The van der Waals surface area contributed by atoms with Gasteiger partial charge in [-0.15, -0.1) is 10.2 Å². The second-order valence-electron chi connectivity index (χ2n) is 6.77. The van der Waals surface area contributed by atoms with E-state index in [9.17, 15) is 14.7 Å². The average Bonchev–Trinajstić information content (AvgIpc) is 3.17. The number of carboxylic acids is 1. The summed E-state index contributed by atoms with van der Waals surface area (Å²) in [6, 6.07) is 8.63. The Morgan fingerprint density at radius 3 is 2.46 bits per heavy atom. The maximum atomic E-state index is 12.9. The van der Waals surface area contributed by atoms with E-state index >= 15 is 0 Å². The highest BCUT2D eigenvalue weighted by molar-refractivity contribution is 5.88. The van der Waals surface area contributed by atoms with E-state index in [0.717, 1.165) is 24.8 Å². The van der Waals surface area contributed by atoms with Gasteiger partial charge in [0.15, 0.2) is 0 Å². The lowest BCUT2D eigenvalue weighted by Crippen LogP contribution is -2.57. The monoisotopic (exact) mass is 357 g/mol. The molecule has 0 spiro atoms. The number of amides is 1. The third-order valence-corrected chi connectivity index (χ3v) is 5.22. The van der Waals surface area contributed by atoms with Crippen molar-refractivity contribution in [3.8, 4) is 11.4 Å². The van der Waals surface area contributed by atoms with E-state index in [1.54, 1.807) is 14.0 Å². The zero-order chi connectivity index (χ0) is 18.7. The molecular weight excluding hydrogens is 334 g/mol. The number of tetrazole rings is 1. The Balaban J connectivity index is 1.81. The molecule has 0 radical (unpaired) electrons. The zero-order valence-corrected chi connectivity index (χ0v) is 15.0. The summed E-state index contributed by atoms with van der Waals surface area (Å²) in [6.07, 6.45) is 3.54. The van der Waals surface area contributed by atoms with Crippen LogP contribution in [0.15, 0.2) is 30.3 Å². The van der Waals surface area contributed by atoms with Crippen molar-refractivity contribution in [1.29, 1.82) is 0 Å². The molecule has 1 aliphatic rings.